The quantitative estimate of drug-likeness (QED) is 0.821. The van der Waals surface area contributed by atoms with Crippen molar-refractivity contribution in [1.29, 1.82) is 5.26 Å². The van der Waals surface area contributed by atoms with Gasteiger partial charge in [0, 0.05) is 17.6 Å². The number of nitriles is 1. The predicted octanol–water partition coefficient (Wildman–Crippen LogP) is 3.63. The van der Waals surface area contributed by atoms with Gasteiger partial charge < -0.3 is 10.1 Å². The number of hydrogen-bond acceptors (Lipinski definition) is 3. The maximum atomic E-state index is 12.3. The van der Waals surface area contributed by atoms with Crippen LogP contribution in [0, 0.1) is 11.3 Å². The van der Waals surface area contributed by atoms with Gasteiger partial charge in [-0.1, -0.05) is 25.1 Å². The Bertz CT molecular complexity index is 432. The molecule has 0 bridgehead atoms. The van der Waals surface area contributed by atoms with E-state index in [2.05, 4.69) is 16.1 Å². The minimum absolute atomic E-state index is 0.0413. The molecule has 0 aliphatic carbocycles. The second-order valence-corrected chi connectivity index (χ2v) is 4.27. The fourth-order valence-corrected chi connectivity index (χ4v) is 1.92. The Hall–Kier alpha value is -1.67. The summed E-state index contributed by atoms with van der Waals surface area (Å²) in [5.74, 6) is 0.171. The molecule has 1 rings (SSSR count). The molecule has 0 saturated heterocycles. The van der Waals surface area contributed by atoms with Gasteiger partial charge in [0.2, 0.25) is 0 Å². The van der Waals surface area contributed by atoms with Crippen molar-refractivity contribution in [1.82, 2.24) is 5.32 Å². The number of para-hydroxylation sites is 1. The molecule has 3 nitrogen and oxygen atoms in total. The SMILES string of the molecule is CCC(CC#N)NC(C)c1ccccc1OC(F)F. The number of nitrogens with zero attached hydrogens (tertiary/aromatic N) is 1. The second kappa shape index (κ2) is 7.70. The van der Waals surface area contributed by atoms with Crippen LogP contribution in [0.1, 0.15) is 38.3 Å². The summed E-state index contributed by atoms with van der Waals surface area (Å²) < 4.78 is 29.2. The molecule has 19 heavy (non-hydrogen) atoms. The molecular formula is C14H18F2N2O. The molecule has 0 heterocycles. The fraction of sp³-hybridized carbons (Fsp3) is 0.500. The van der Waals surface area contributed by atoms with Gasteiger partial charge in [0.1, 0.15) is 5.75 Å². The van der Waals surface area contributed by atoms with Gasteiger partial charge in [-0.2, -0.15) is 14.0 Å². The zero-order valence-corrected chi connectivity index (χ0v) is 11.1. The molecule has 2 atom stereocenters. The van der Waals surface area contributed by atoms with Crippen molar-refractivity contribution in [2.45, 2.75) is 45.4 Å². The van der Waals surface area contributed by atoms with E-state index in [1.807, 2.05) is 13.8 Å². The zero-order valence-electron chi connectivity index (χ0n) is 11.1. The fourth-order valence-electron chi connectivity index (χ4n) is 1.92. The monoisotopic (exact) mass is 268 g/mol. The molecule has 0 aliphatic heterocycles. The molecule has 1 aromatic carbocycles. The average molecular weight is 268 g/mol. The third kappa shape index (κ3) is 4.84. The summed E-state index contributed by atoms with van der Waals surface area (Å²) in [5.41, 5.74) is 0.666. The van der Waals surface area contributed by atoms with Gasteiger partial charge in [0.05, 0.1) is 12.5 Å². The molecule has 1 aromatic rings. The van der Waals surface area contributed by atoms with Crippen LogP contribution >= 0.6 is 0 Å². The van der Waals surface area contributed by atoms with Crippen molar-refractivity contribution >= 4 is 0 Å². The van der Waals surface area contributed by atoms with E-state index in [0.29, 0.717) is 12.0 Å². The van der Waals surface area contributed by atoms with Crippen molar-refractivity contribution in [3.8, 4) is 11.8 Å². The highest BCUT2D eigenvalue weighted by atomic mass is 19.3. The van der Waals surface area contributed by atoms with Crippen LogP contribution in [-0.4, -0.2) is 12.7 Å². The molecule has 0 amide bonds. The number of nitrogens with one attached hydrogen (secondary N) is 1. The first kappa shape index (κ1) is 15.4. The molecule has 0 spiro atoms. The lowest BCUT2D eigenvalue weighted by Crippen LogP contribution is -2.31. The molecule has 0 saturated carbocycles. The summed E-state index contributed by atoms with van der Waals surface area (Å²) in [6, 6.07) is 8.68. The van der Waals surface area contributed by atoms with Crippen molar-refractivity contribution in [3.63, 3.8) is 0 Å². The van der Waals surface area contributed by atoms with Crippen LogP contribution in [0.4, 0.5) is 8.78 Å². The van der Waals surface area contributed by atoms with Crippen LogP contribution in [0.5, 0.6) is 5.75 Å². The molecule has 0 aliphatic rings. The van der Waals surface area contributed by atoms with E-state index in [4.69, 9.17) is 5.26 Å². The zero-order chi connectivity index (χ0) is 14.3. The summed E-state index contributed by atoms with van der Waals surface area (Å²) in [6.07, 6.45) is 1.19. The van der Waals surface area contributed by atoms with Gasteiger partial charge in [-0.15, -0.1) is 0 Å². The van der Waals surface area contributed by atoms with E-state index in [9.17, 15) is 8.78 Å². The Labute approximate surface area is 112 Å². The van der Waals surface area contributed by atoms with E-state index in [1.165, 1.54) is 6.07 Å². The maximum absolute atomic E-state index is 12.3. The first-order chi connectivity index (χ1) is 9.08. The summed E-state index contributed by atoms with van der Waals surface area (Å²) in [6.45, 7) is 1.01. The number of benzene rings is 1. The van der Waals surface area contributed by atoms with Gasteiger partial charge in [0.15, 0.2) is 0 Å². The highest BCUT2D eigenvalue weighted by molar-refractivity contribution is 5.35. The van der Waals surface area contributed by atoms with Gasteiger partial charge in [-0.05, 0) is 19.4 Å². The number of halogens is 2. The molecule has 104 valence electrons. The van der Waals surface area contributed by atoms with Crippen LogP contribution in [0.25, 0.3) is 0 Å². The van der Waals surface area contributed by atoms with Crippen molar-refractivity contribution in [3.05, 3.63) is 29.8 Å². The number of hydrogen-bond donors (Lipinski definition) is 1. The van der Waals surface area contributed by atoms with Crippen LogP contribution < -0.4 is 10.1 Å². The average Bonchev–Trinajstić information content (AvgIpc) is 2.38. The van der Waals surface area contributed by atoms with E-state index in [-0.39, 0.29) is 17.8 Å². The normalized spacial score (nSPS) is 13.9. The third-order valence-corrected chi connectivity index (χ3v) is 2.92. The third-order valence-electron chi connectivity index (χ3n) is 2.92. The molecule has 1 N–H and O–H groups in total. The lowest BCUT2D eigenvalue weighted by atomic mass is 10.0. The van der Waals surface area contributed by atoms with E-state index >= 15 is 0 Å². The predicted molar refractivity (Wildman–Crippen MR) is 68.9 cm³/mol. The summed E-state index contributed by atoms with van der Waals surface area (Å²) in [5, 5.41) is 12.0. The van der Waals surface area contributed by atoms with Gasteiger partial charge in [-0.3, -0.25) is 0 Å². The highest BCUT2D eigenvalue weighted by Gasteiger charge is 2.16. The maximum Gasteiger partial charge on any atom is 0.387 e. The Morgan fingerprint density at radius 1 is 1.37 bits per heavy atom. The van der Waals surface area contributed by atoms with Crippen LogP contribution in [-0.2, 0) is 0 Å². The Kier molecular flexibility index (Phi) is 6.23. The molecule has 0 radical (unpaired) electrons. The Balaban J connectivity index is 2.81. The molecule has 0 fully saturated rings. The first-order valence-corrected chi connectivity index (χ1v) is 6.25. The van der Waals surface area contributed by atoms with Crippen LogP contribution in [0.2, 0.25) is 0 Å². The van der Waals surface area contributed by atoms with Crippen LogP contribution in [0.15, 0.2) is 24.3 Å². The summed E-state index contributed by atoms with van der Waals surface area (Å²) >= 11 is 0. The molecule has 0 aromatic heterocycles. The second-order valence-electron chi connectivity index (χ2n) is 4.27. The lowest BCUT2D eigenvalue weighted by molar-refractivity contribution is -0.0506. The van der Waals surface area contributed by atoms with Gasteiger partial charge in [0.25, 0.3) is 0 Å². The van der Waals surface area contributed by atoms with E-state index in [1.54, 1.807) is 18.2 Å². The number of rotatable bonds is 7. The standard InChI is InChI=1S/C14H18F2N2O/c1-3-11(8-9-17)18-10(2)12-6-4-5-7-13(12)19-14(15)16/h4-7,10-11,14,18H,3,8H2,1-2H3. The van der Waals surface area contributed by atoms with Crippen molar-refractivity contribution in [2.75, 3.05) is 0 Å². The molecule has 5 heteroatoms. The lowest BCUT2D eigenvalue weighted by Gasteiger charge is -2.22. The summed E-state index contributed by atoms with van der Waals surface area (Å²) in [7, 11) is 0. The Morgan fingerprint density at radius 3 is 2.63 bits per heavy atom. The topological polar surface area (TPSA) is 45.0 Å². The smallest absolute Gasteiger partial charge is 0.387 e. The number of ether oxygens (including phenoxy) is 1. The van der Waals surface area contributed by atoms with Crippen molar-refractivity contribution < 1.29 is 13.5 Å². The van der Waals surface area contributed by atoms with Crippen molar-refractivity contribution in [2.24, 2.45) is 0 Å². The summed E-state index contributed by atoms with van der Waals surface area (Å²) in [4.78, 5) is 0. The Morgan fingerprint density at radius 2 is 2.05 bits per heavy atom. The largest absolute Gasteiger partial charge is 0.434 e. The van der Waals surface area contributed by atoms with Gasteiger partial charge in [-0.25, -0.2) is 0 Å². The van der Waals surface area contributed by atoms with E-state index in [0.717, 1.165) is 6.42 Å². The highest BCUT2D eigenvalue weighted by Crippen LogP contribution is 2.26. The van der Waals surface area contributed by atoms with Crippen LogP contribution in [0.3, 0.4) is 0 Å². The first-order valence-electron chi connectivity index (χ1n) is 6.25. The van der Waals surface area contributed by atoms with Gasteiger partial charge >= 0.3 is 6.61 Å². The molecular weight excluding hydrogens is 250 g/mol. The van der Waals surface area contributed by atoms with E-state index < -0.39 is 6.61 Å². The molecule has 2 unspecified atom stereocenters. The number of alkyl halides is 2. The minimum Gasteiger partial charge on any atom is -0.434 e. The minimum atomic E-state index is -2.84.